The minimum Gasteiger partial charge on any atom is -0.0651 e. The minimum absolute atomic E-state index is 0.544. The van der Waals surface area contributed by atoms with Gasteiger partial charge in [-0.1, -0.05) is 67.2 Å². The maximum absolute atomic E-state index is 2.43. The van der Waals surface area contributed by atoms with Gasteiger partial charge in [-0.05, 0) is 23.7 Å². The highest BCUT2D eigenvalue weighted by Gasteiger charge is 2.23. The second-order valence-electron chi connectivity index (χ2n) is 5.70. The molecule has 0 radical (unpaired) electrons. The summed E-state index contributed by atoms with van der Waals surface area (Å²) in [6.45, 7) is 14.2. The van der Waals surface area contributed by atoms with E-state index in [9.17, 15) is 0 Å². The summed E-state index contributed by atoms with van der Waals surface area (Å²) < 4.78 is 0. The van der Waals surface area contributed by atoms with Crippen molar-refractivity contribution in [3.63, 3.8) is 0 Å². The zero-order valence-corrected chi connectivity index (χ0v) is 11.2. The van der Waals surface area contributed by atoms with Crippen LogP contribution >= 0.6 is 0 Å². The van der Waals surface area contributed by atoms with E-state index in [1.807, 2.05) is 0 Å². The van der Waals surface area contributed by atoms with Gasteiger partial charge in [0.2, 0.25) is 0 Å². The van der Waals surface area contributed by atoms with Crippen LogP contribution in [0, 0.1) is 17.3 Å². The van der Waals surface area contributed by atoms with Gasteiger partial charge in [0.1, 0.15) is 0 Å². The fraction of sp³-hybridized carbons (Fsp3) is 1.00. The molecule has 0 aliphatic rings. The molecule has 0 aromatic heterocycles. The van der Waals surface area contributed by atoms with Crippen LogP contribution in [0.1, 0.15) is 73.6 Å². The van der Waals surface area contributed by atoms with Crippen LogP contribution < -0.4 is 0 Å². The molecule has 2 unspecified atom stereocenters. The fourth-order valence-corrected chi connectivity index (χ4v) is 1.91. The Bertz CT molecular complexity index is 135. The van der Waals surface area contributed by atoms with Crippen LogP contribution in [0.15, 0.2) is 0 Å². The first-order valence-corrected chi connectivity index (χ1v) is 6.44. The lowest BCUT2D eigenvalue weighted by Gasteiger charge is -2.31. The van der Waals surface area contributed by atoms with Crippen LogP contribution in [0.25, 0.3) is 0 Å². The first-order valence-electron chi connectivity index (χ1n) is 6.44. The summed E-state index contributed by atoms with van der Waals surface area (Å²) in [5.41, 5.74) is 0.544. The Hall–Kier alpha value is 0. The van der Waals surface area contributed by atoms with Crippen molar-refractivity contribution in [1.29, 1.82) is 0 Å². The zero-order chi connectivity index (χ0) is 11.2. The van der Waals surface area contributed by atoms with Crippen molar-refractivity contribution in [3.05, 3.63) is 0 Å². The Kier molecular flexibility index (Phi) is 6.48. The van der Waals surface area contributed by atoms with E-state index >= 15 is 0 Å². The molecule has 0 nitrogen and oxygen atoms in total. The van der Waals surface area contributed by atoms with Crippen LogP contribution in [0.3, 0.4) is 0 Å². The molecule has 86 valence electrons. The van der Waals surface area contributed by atoms with E-state index in [0.717, 1.165) is 11.8 Å². The van der Waals surface area contributed by atoms with Crippen LogP contribution in [-0.4, -0.2) is 0 Å². The SMILES string of the molecule is CCC(C)CCCC(C)(C)C(C)CC. The third-order valence-electron chi connectivity index (χ3n) is 4.16. The van der Waals surface area contributed by atoms with Gasteiger partial charge >= 0.3 is 0 Å². The molecule has 0 aliphatic carbocycles. The normalized spacial score (nSPS) is 16.7. The van der Waals surface area contributed by atoms with Gasteiger partial charge in [0, 0.05) is 0 Å². The first kappa shape index (κ1) is 14.0. The van der Waals surface area contributed by atoms with E-state index in [4.69, 9.17) is 0 Å². The molecule has 0 saturated heterocycles. The summed E-state index contributed by atoms with van der Waals surface area (Å²) in [5.74, 6) is 1.78. The van der Waals surface area contributed by atoms with E-state index in [0.29, 0.717) is 5.41 Å². The Labute approximate surface area is 91.5 Å². The van der Waals surface area contributed by atoms with Gasteiger partial charge in [-0.15, -0.1) is 0 Å². The topological polar surface area (TPSA) is 0 Å². The standard InChI is InChI=1S/C14H30/c1-7-12(3)10-9-11-14(5,6)13(4)8-2/h12-13H,7-11H2,1-6H3. The largest absolute Gasteiger partial charge is 0.0651 e. The molecule has 0 fully saturated rings. The highest BCUT2D eigenvalue weighted by molar-refractivity contribution is 4.74. The quantitative estimate of drug-likeness (QED) is 0.522. The molecule has 0 bridgehead atoms. The summed E-state index contributed by atoms with van der Waals surface area (Å²) in [6.07, 6.45) is 6.87. The average molecular weight is 198 g/mol. The molecule has 0 N–H and O–H groups in total. The van der Waals surface area contributed by atoms with Crippen molar-refractivity contribution >= 4 is 0 Å². The van der Waals surface area contributed by atoms with Gasteiger partial charge in [0.25, 0.3) is 0 Å². The van der Waals surface area contributed by atoms with Crippen LogP contribution in [-0.2, 0) is 0 Å². The average Bonchev–Trinajstić information content (AvgIpc) is 2.15. The van der Waals surface area contributed by atoms with Crippen molar-refractivity contribution in [2.24, 2.45) is 17.3 Å². The fourth-order valence-electron chi connectivity index (χ4n) is 1.91. The predicted octanol–water partition coefficient (Wildman–Crippen LogP) is 5.28. The van der Waals surface area contributed by atoms with Crippen molar-refractivity contribution in [2.45, 2.75) is 73.6 Å². The number of hydrogen-bond acceptors (Lipinski definition) is 0. The maximum Gasteiger partial charge on any atom is -0.0329 e. The minimum atomic E-state index is 0.544. The molecular formula is C14H30. The third kappa shape index (κ3) is 5.02. The summed E-state index contributed by atoms with van der Waals surface area (Å²) in [4.78, 5) is 0. The molecule has 0 heteroatoms. The summed E-state index contributed by atoms with van der Waals surface area (Å²) >= 11 is 0. The zero-order valence-electron chi connectivity index (χ0n) is 11.2. The lowest BCUT2D eigenvalue weighted by atomic mass is 9.74. The summed E-state index contributed by atoms with van der Waals surface area (Å²) in [7, 11) is 0. The summed E-state index contributed by atoms with van der Waals surface area (Å²) in [6, 6.07) is 0. The van der Waals surface area contributed by atoms with E-state index in [2.05, 4.69) is 41.5 Å². The molecule has 0 rings (SSSR count). The molecule has 0 aromatic rings. The second kappa shape index (κ2) is 6.48. The van der Waals surface area contributed by atoms with Crippen molar-refractivity contribution in [3.8, 4) is 0 Å². The van der Waals surface area contributed by atoms with Crippen molar-refractivity contribution in [1.82, 2.24) is 0 Å². The third-order valence-corrected chi connectivity index (χ3v) is 4.16. The van der Waals surface area contributed by atoms with Crippen LogP contribution in [0.4, 0.5) is 0 Å². The number of rotatable bonds is 7. The lowest BCUT2D eigenvalue weighted by Crippen LogP contribution is -2.21. The van der Waals surface area contributed by atoms with Gasteiger partial charge < -0.3 is 0 Å². The Morgan fingerprint density at radius 2 is 1.57 bits per heavy atom. The molecule has 2 atom stereocenters. The van der Waals surface area contributed by atoms with Gasteiger partial charge in [0.15, 0.2) is 0 Å². The monoisotopic (exact) mass is 198 g/mol. The van der Waals surface area contributed by atoms with Gasteiger partial charge in [-0.2, -0.15) is 0 Å². The Morgan fingerprint density at radius 1 is 1.00 bits per heavy atom. The lowest BCUT2D eigenvalue weighted by molar-refractivity contribution is 0.195. The summed E-state index contributed by atoms with van der Waals surface area (Å²) in [5, 5.41) is 0. The van der Waals surface area contributed by atoms with Crippen molar-refractivity contribution < 1.29 is 0 Å². The molecular weight excluding hydrogens is 168 g/mol. The molecule has 0 aliphatic heterocycles. The first-order chi connectivity index (χ1) is 6.44. The Balaban J connectivity index is 3.76. The van der Waals surface area contributed by atoms with Gasteiger partial charge in [-0.3, -0.25) is 0 Å². The molecule has 0 aromatic carbocycles. The van der Waals surface area contributed by atoms with E-state index in [1.54, 1.807) is 0 Å². The predicted molar refractivity (Wildman–Crippen MR) is 66.5 cm³/mol. The molecule has 0 amide bonds. The van der Waals surface area contributed by atoms with Crippen LogP contribution in [0.5, 0.6) is 0 Å². The van der Waals surface area contributed by atoms with E-state index in [1.165, 1.54) is 32.1 Å². The Morgan fingerprint density at radius 3 is 2.00 bits per heavy atom. The van der Waals surface area contributed by atoms with Crippen LogP contribution in [0.2, 0.25) is 0 Å². The number of hydrogen-bond donors (Lipinski definition) is 0. The van der Waals surface area contributed by atoms with E-state index < -0.39 is 0 Å². The molecule has 0 spiro atoms. The maximum atomic E-state index is 2.43. The molecule has 0 heterocycles. The smallest absolute Gasteiger partial charge is 0.0329 e. The second-order valence-corrected chi connectivity index (χ2v) is 5.70. The van der Waals surface area contributed by atoms with Gasteiger partial charge in [-0.25, -0.2) is 0 Å². The van der Waals surface area contributed by atoms with E-state index in [-0.39, 0.29) is 0 Å². The van der Waals surface area contributed by atoms with Gasteiger partial charge in [0.05, 0.1) is 0 Å². The highest BCUT2D eigenvalue weighted by atomic mass is 14.3. The van der Waals surface area contributed by atoms with Crippen molar-refractivity contribution in [2.75, 3.05) is 0 Å². The highest BCUT2D eigenvalue weighted by Crippen LogP contribution is 2.34. The molecule has 0 saturated carbocycles. The molecule has 14 heavy (non-hydrogen) atoms.